The van der Waals surface area contributed by atoms with Gasteiger partial charge in [-0.15, -0.1) is 5.10 Å². The third kappa shape index (κ3) is 1.11. The average Bonchev–Trinajstić information content (AvgIpc) is 2.53. The first-order chi connectivity index (χ1) is 6.20. The first kappa shape index (κ1) is 7.93. The van der Waals surface area contributed by atoms with E-state index >= 15 is 0 Å². The lowest BCUT2D eigenvalue weighted by Gasteiger charge is -1.91. The molecule has 6 nitrogen and oxygen atoms in total. The first-order valence-electron chi connectivity index (χ1n) is 3.25. The minimum Gasteiger partial charge on any atom is -0.335 e. The predicted molar refractivity (Wildman–Crippen MR) is 43.5 cm³/mol. The van der Waals surface area contributed by atoms with E-state index in [0.717, 1.165) is 0 Å². The van der Waals surface area contributed by atoms with Crippen LogP contribution < -0.4 is 0 Å². The van der Waals surface area contributed by atoms with Gasteiger partial charge in [0.15, 0.2) is 0 Å². The second-order valence-electron chi connectivity index (χ2n) is 2.27. The molecule has 0 unspecified atom stereocenters. The summed E-state index contributed by atoms with van der Waals surface area (Å²) in [7, 11) is 0. The summed E-state index contributed by atoms with van der Waals surface area (Å²) in [5.41, 5.74) is 0.0361. The van der Waals surface area contributed by atoms with Crippen LogP contribution >= 0.6 is 11.6 Å². The van der Waals surface area contributed by atoms with E-state index in [2.05, 4.69) is 14.9 Å². The normalized spacial score (nSPS) is 10.5. The molecule has 1 heterocycles. The van der Waals surface area contributed by atoms with Crippen molar-refractivity contribution >= 4 is 28.4 Å². The van der Waals surface area contributed by atoms with Gasteiger partial charge in [0.2, 0.25) is 11.1 Å². The molecule has 0 spiro atoms. The van der Waals surface area contributed by atoms with Gasteiger partial charge < -0.3 is 4.52 Å². The smallest absolute Gasteiger partial charge is 0.300 e. The number of nitro benzene ring substituents is 1. The van der Waals surface area contributed by atoms with Crippen LogP contribution in [0.2, 0.25) is 5.02 Å². The molecule has 13 heavy (non-hydrogen) atoms. The first-order valence-corrected chi connectivity index (χ1v) is 3.63. The standard InChI is InChI=1S/C6H2ClN3O3/c7-3-1-2-4(10(11)12)5-6(3)13-9-8-5/h1-2H. The van der Waals surface area contributed by atoms with Crippen molar-refractivity contribution in [2.24, 2.45) is 0 Å². The zero-order valence-corrected chi connectivity index (χ0v) is 6.85. The fraction of sp³-hybridized carbons (Fsp3) is 0. The lowest BCUT2D eigenvalue weighted by Crippen LogP contribution is -1.88. The zero-order chi connectivity index (χ0) is 9.42. The van der Waals surface area contributed by atoms with Crippen LogP contribution in [-0.4, -0.2) is 15.3 Å². The van der Waals surface area contributed by atoms with Crippen molar-refractivity contribution in [3.8, 4) is 0 Å². The molecule has 0 saturated heterocycles. The van der Waals surface area contributed by atoms with Crippen molar-refractivity contribution in [1.82, 2.24) is 10.4 Å². The van der Waals surface area contributed by atoms with Gasteiger partial charge in [-0.1, -0.05) is 11.6 Å². The second kappa shape index (κ2) is 2.67. The van der Waals surface area contributed by atoms with Crippen LogP contribution in [0.3, 0.4) is 0 Å². The molecular weight excluding hydrogens is 198 g/mol. The summed E-state index contributed by atoms with van der Waals surface area (Å²) in [5, 5.41) is 17.4. The van der Waals surface area contributed by atoms with Gasteiger partial charge in [-0.05, 0) is 6.07 Å². The largest absolute Gasteiger partial charge is 0.335 e. The number of nitro groups is 1. The van der Waals surface area contributed by atoms with E-state index < -0.39 is 4.92 Å². The molecule has 0 N–H and O–H groups in total. The number of benzene rings is 1. The highest BCUT2D eigenvalue weighted by atomic mass is 35.5. The highest BCUT2D eigenvalue weighted by molar-refractivity contribution is 6.34. The van der Waals surface area contributed by atoms with Crippen molar-refractivity contribution in [1.29, 1.82) is 0 Å². The number of fused-ring (bicyclic) bond motifs is 1. The van der Waals surface area contributed by atoms with Crippen molar-refractivity contribution < 1.29 is 9.45 Å². The van der Waals surface area contributed by atoms with Gasteiger partial charge in [-0.25, -0.2) is 0 Å². The Kier molecular flexibility index (Phi) is 1.63. The maximum Gasteiger partial charge on any atom is 0.300 e. The van der Waals surface area contributed by atoms with Gasteiger partial charge in [0.25, 0.3) is 0 Å². The Hall–Kier alpha value is -1.69. The fourth-order valence-electron chi connectivity index (χ4n) is 0.969. The molecular formula is C6H2ClN3O3. The van der Waals surface area contributed by atoms with E-state index in [4.69, 9.17) is 11.6 Å². The lowest BCUT2D eigenvalue weighted by molar-refractivity contribution is -0.383. The van der Waals surface area contributed by atoms with Crippen LogP contribution in [0.25, 0.3) is 11.1 Å². The number of halogens is 1. The summed E-state index contributed by atoms with van der Waals surface area (Å²) in [6.07, 6.45) is 0. The molecule has 0 aliphatic heterocycles. The van der Waals surface area contributed by atoms with Crippen molar-refractivity contribution in [2.75, 3.05) is 0 Å². The van der Waals surface area contributed by atoms with E-state index in [1.807, 2.05) is 0 Å². The summed E-state index contributed by atoms with van der Waals surface area (Å²) >= 11 is 5.68. The van der Waals surface area contributed by atoms with Crippen LogP contribution in [0.15, 0.2) is 16.7 Å². The molecule has 0 saturated carbocycles. The Bertz CT molecular complexity index is 481. The molecule has 66 valence electrons. The molecule has 7 heteroatoms. The van der Waals surface area contributed by atoms with Crippen molar-refractivity contribution in [3.05, 3.63) is 27.3 Å². The molecule has 0 bridgehead atoms. The molecule has 1 aromatic heterocycles. The molecule has 0 fully saturated rings. The molecule has 2 aromatic rings. The Morgan fingerprint density at radius 2 is 2.31 bits per heavy atom. The summed E-state index contributed by atoms with van der Waals surface area (Å²) in [6.45, 7) is 0. The highest BCUT2D eigenvalue weighted by Crippen LogP contribution is 2.28. The number of hydrogen-bond donors (Lipinski definition) is 0. The summed E-state index contributed by atoms with van der Waals surface area (Å²) in [4.78, 5) is 9.91. The second-order valence-corrected chi connectivity index (χ2v) is 2.68. The average molecular weight is 200 g/mol. The van der Waals surface area contributed by atoms with E-state index in [9.17, 15) is 10.1 Å². The van der Waals surface area contributed by atoms with Crippen LogP contribution in [0.4, 0.5) is 5.69 Å². The minimum absolute atomic E-state index is 0.0671. The van der Waals surface area contributed by atoms with Crippen LogP contribution in [0, 0.1) is 10.1 Å². The highest BCUT2D eigenvalue weighted by Gasteiger charge is 2.18. The van der Waals surface area contributed by atoms with Crippen molar-refractivity contribution in [3.63, 3.8) is 0 Å². The van der Waals surface area contributed by atoms with Crippen LogP contribution in [0.1, 0.15) is 0 Å². The topological polar surface area (TPSA) is 82.1 Å². The van der Waals surface area contributed by atoms with Gasteiger partial charge in [0, 0.05) is 11.3 Å². The van der Waals surface area contributed by atoms with Crippen LogP contribution in [-0.2, 0) is 0 Å². The van der Waals surface area contributed by atoms with Crippen LogP contribution in [0.5, 0.6) is 0 Å². The monoisotopic (exact) mass is 199 g/mol. The molecule has 0 atom stereocenters. The van der Waals surface area contributed by atoms with E-state index in [1.54, 1.807) is 0 Å². The lowest BCUT2D eigenvalue weighted by atomic mass is 10.3. The Morgan fingerprint density at radius 1 is 1.54 bits per heavy atom. The summed E-state index contributed by atoms with van der Waals surface area (Å²) < 4.78 is 4.64. The van der Waals surface area contributed by atoms with E-state index in [1.165, 1.54) is 12.1 Å². The summed E-state index contributed by atoms with van der Waals surface area (Å²) in [5.74, 6) is 0. The number of rotatable bonds is 1. The molecule has 0 aliphatic carbocycles. The quantitative estimate of drug-likeness (QED) is 0.516. The third-order valence-corrected chi connectivity index (χ3v) is 1.83. The van der Waals surface area contributed by atoms with Crippen molar-refractivity contribution in [2.45, 2.75) is 0 Å². The van der Waals surface area contributed by atoms with E-state index in [-0.39, 0.29) is 21.8 Å². The zero-order valence-electron chi connectivity index (χ0n) is 6.10. The van der Waals surface area contributed by atoms with Gasteiger partial charge in [0.05, 0.1) is 9.95 Å². The predicted octanol–water partition coefficient (Wildman–Crippen LogP) is 1.78. The Morgan fingerprint density at radius 3 is 3.00 bits per heavy atom. The number of hydrogen-bond acceptors (Lipinski definition) is 5. The van der Waals surface area contributed by atoms with E-state index in [0.29, 0.717) is 0 Å². The molecule has 0 amide bonds. The Balaban J connectivity index is 2.86. The fourth-order valence-corrected chi connectivity index (χ4v) is 1.16. The number of nitrogens with zero attached hydrogens (tertiary/aromatic N) is 3. The molecule has 0 radical (unpaired) electrons. The van der Waals surface area contributed by atoms with Gasteiger partial charge in [-0.2, -0.15) is 0 Å². The number of non-ortho nitro benzene ring substituents is 1. The maximum atomic E-state index is 10.5. The number of aromatic nitrogens is 2. The minimum atomic E-state index is -0.567. The van der Waals surface area contributed by atoms with Gasteiger partial charge in [-0.3, -0.25) is 10.1 Å². The maximum absolute atomic E-state index is 10.5. The van der Waals surface area contributed by atoms with Gasteiger partial charge >= 0.3 is 5.69 Å². The third-order valence-electron chi connectivity index (χ3n) is 1.53. The molecule has 1 aromatic carbocycles. The SMILES string of the molecule is O=[N+]([O-])c1ccc(Cl)c2onnc12. The summed E-state index contributed by atoms with van der Waals surface area (Å²) in [6, 6.07) is 2.63. The Labute approximate surface area is 76.2 Å². The molecule has 0 aliphatic rings. The molecule has 2 rings (SSSR count). The van der Waals surface area contributed by atoms with Gasteiger partial charge in [0.1, 0.15) is 0 Å².